The number of ether oxygens (including phenoxy) is 1. The van der Waals surface area contributed by atoms with Crippen molar-refractivity contribution in [2.24, 2.45) is 11.8 Å². The molecule has 2 aromatic carbocycles. The van der Waals surface area contributed by atoms with E-state index in [1.807, 2.05) is 0 Å². The predicted molar refractivity (Wildman–Crippen MR) is 147 cm³/mol. The Morgan fingerprint density at radius 3 is 1.83 bits per heavy atom. The van der Waals surface area contributed by atoms with Crippen molar-refractivity contribution in [2.75, 3.05) is 0 Å². The van der Waals surface area contributed by atoms with E-state index in [0.29, 0.717) is 42.2 Å². The summed E-state index contributed by atoms with van der Waals surface area (Å²) in [7, 11) is 0. The van der Waals surface area contributed by atoms with Crippen LogP contribution >= 0.6 is 0 Å². The van der Waals surface area contributed by atoms with E-state index >= 15 is 0 Å². The third kappa shape index (κ3) is 8.38. The maximum atomic E-state index is 14.9. The first kappa shape index (κ1) is 32.1. The van der Waals surface area contributed by atoms with Gasteiger partial charge in [0.05, 0.1) is 0 Å². The van der Waals surface area contributed by atoms with Crippen molar-refractivity contribution in [2.45, 2.75) is 95.8 Å². The van der Waals surface area contributed by atoms with Crippen LogP contribution < -0.4 is 4.74 Å². The van der Waals surface area contributed by atoms with Crippen LogP contribution in [0.25, 0.3) is 5.83 Å². The zero-order valence-electron chi connectivity index (χ0n) is 23.6. The first-order chi connectivity index (χ1) is 19.9. The highest BCUT2D eigenvalue weighted by Crippen LogP contribution is 2.43. The molecule has 0 atom stereocenters. The Hall–Kier alpha value is -2.84. The molecule has 0 aliphatic heterocycles. The van der Waals surface area contributed by atoms with Crippen LogP contribution in [0, 0.1) is 29.3 Å². The molecule has 2 aromatic rings. The van der Waals surface area contributed by atoms with Gasteiger partial charge in [-0.2, -0.15) is 0 Å². The normalized spacial score (nSPS) is 24.1. The smallest absolute Gasteiger partial charge is 0.399 e. The monoisotopic (exact) mass is 600 g/mol. The first-order valence-corrected chi connectivity index (χ1v) is 14.7. The molecular formula is C33H36F8O. The molecule has 4 rings (SSSR count). The van der Waals surface area contributed by atoms with E-state index in [9.17, 15) is 35.1 Å². The lowest BCUT2D eigenvalue weighted by Crippen LogP contribution is -2.20. The highest BCUT2D eigenvalue weighted by Gasteiger charge is 2.35. The van der Waals surface area contributed by atoms with Crippen molar-refractivity contribution in [1.82, 2.24) is 0 Å². The Kier molecular flexibility index (Phi) is 10.8. The maximum Gasteiger partial charge on any atom is 0.573 e. The summed E-state index contributed by atoms with van der Waals surface area (Å²) in [5.74, 6) is -5.82. The van der Waals surface area contributed by atoms with Gasteiger partial charge >= 0.3 is 6.36 Å². The molecule has 0 heterocycles. The Labute approximate surface area is 241 Å². The number of allylic oxidation sites excluding steroid dienone is 3. The Balaban J connectivity index is 1.23. The van der Waals surface area contributed by atoms with Gasteiger partial charge in [-0.3, -0.25) is 0 Å². The lowest BCUT2D eigenvalue weighted by atomic mass is 9.73. The SMILES string of the molecule is CC/C=C/C(F)=C(\F)c1ccc(C2CCC(CCC3CCC(c4cc(F)c(OC(F)(F)F)c(F)c4)CC3)CC2)c(F)c1. The second kappa shape index (κ2) is 14.1. The Morgan fingerprint density at radius 1 is 0.786 bits per heavy atom. The number of rotatable bonds is 9. The van der Waals surface area contributed by atoms with Crippen molar-refractivity contribution in [3.05, 3.63) is 82.5 Å². The van der Waals surface area contributed by atoms with Crippen LogP contribution in [0.5, 0.6) is 5.75 Å². The van der Waals surface area contributed by atoms with Crippen molar-refractivity contribution in [3.8, 4) is 5.75 Å². The van der Waals surface area contributed by atoms with Gasteiger partial charge in [-0.05, 0) is 117 Å². The minimum atomic E-state index is -5.17. The van der Waals surface area contributed by atoms with E-state index in [1.54, 1.807) is 13.0 Å². The molecule has 9 heteroatoms. The van der Waals surface area contributed by atoms with Crippen LogP contribution in [-0.4, -0.2) is 6.36 Å². The van der Waals surface area contributed by atoms with E-state index in [4.69, 9.17) is 0 Å². The number of hydrogen-bond donors (Lipinski definition) is 0. The van der Waals surface area contributed by atoms with Gasteiger partial charge in [0.1, 0.15) is 5.82 Å². The lowest BCUT2D eigenvalue weighted by molar-refractivity contribution is -0.276. The highest BCUT2D eigenvalue weighted by atomic mass is 19.4. The van der Waals surface area contributed by atoms with E-state index in [0.717, 1.165) is 75.6 Å². The second-order valence-electron chi connectivity index (χ2n) is 11.6. The largest absolute Gasteiger partial charge is 0.573 e. The van der Waals surface area contributed by atoms with Gasteiger partial charge in [-0.25, -0.2) is 22.0 Å². The zero-order valence-corrected chi connectivity index (χ0v) is 23.6. The fourth-order valence-electron chi connectivity index (χ4n) is 6.47. The second-order valence-corrected chi connectivity index (χ2v) is 11.6. The quantitative estimate of drug-likeness (QED) is 0.206. The van der Waals surface area contributed by atoms with E-state index in [2.05, 4.69) is 4.74 Å². The highest BCUT2D eigenvalue weighted by molar-refractivity contribution is 5.63. The number of benzene rings is 2. The van der Waals surface area contributed by atoms with Gasteiger partial charge in [0.25, 0.3) is 0 Å². The Bertz CT molecular complexity index is 1240. The molecule has 0 amide bonds. The minimum absolute atomic E-state index is 0.0383. The number of alkyl halides is 3. The van der Waals surface area contributed by atoms with Gasteiger partial charge in [0.15, 0.2) is 23.3 Å². The van der Waals surface area contributed by atoms with Gasteiger partial charge in [0, 0.05) is 5.56 Å². The zero-order chi connectivity index (χ0) is 30.4. The summed E-state index contributed by atoms with van der Waals surface area (Å²) in [5.41, 5.74) is 0.785. The van der Waals surface area contributed by atoms with E-state index in [-0.39, 0.29) is 17.4 Å². The summed E-state index contributed by atoms with van der Waals surface area (Å²) in [5, 5.41) is 0. The molecule has 0 spiro atoms. The van der Waals surface area contributed by atoms with Gasteiger partial charge < -0.3 is 4.74 Å². The van der Waals surface area contributed by atoms with E-state index in [1.165, 1.54) is 12.1 Å². The molecule has 2 aliphatic rings. The molecule has 2 saturated carbocycles. The molecule has 42 heavy (non-hydrogen) atoms. The lowest BCUT2D eigenvalue weighted by Gasteiger charge is -2.32. The summed E-state index contributed by atoms with van der Waals surface area (Å²) in [4.78, 5) is 0. The standard InChI is InChI=1S/C33H36F8O/c1-2-3-4-27(34)31(38)24-15-16-26(28(35)17-24)23-13-9-21(10-14-23)6-5-20-7-11-22(12-8-20)25-18-29(36)32(30(37)19-25)42-33(39,40)41/h3-4,15-23H,2,5-14H2,1H3/b4-3+,31-27+. The predicted octanol–water partition coefficient (Wildman–Crippen LogP) is 11.6. The summed E-state index contributed by atoms with van der Waals surface area (Å²) in [6.45, 7) is 1.80. The fourth-order valence-corrected chi connectivity index (χ4v) is 6.47. The van der Waals surface area contributed by atoms with Crippen LogP contribution in [0.15, 0.2) is 48.3 Å². The van der Waals surface area contributed by atoms with Gasteiger partial charge in [0.2, 0.25) is 5.75 Å². The van der Waals surface area contributed by atoms with Crippen LogP contribution in [-0.2, 0) is 0 Å². The molecular weight excluding hydrogens is 564 g/mol. The molecule has 0 N–H and O–H groups in total. The van der Waals surface area contributed by atoms with E-state index < -0.39 is 41.2 Å². The average molecular weight is 601 g/mol. The molecule has 2 fully saturated rings. The number of halogens is 8. The van der Waals surface area contributed by atoms with Gasteiger partial charge in [-0.15, -0.1) is 13.2 Å². The fraction of sp³-hybridized carbons (Fsp3) is 0.515. The summed E-state index contributed by atoms with van der Waals surface area (Å²) in [6, 6.07) is 5.96. The molecule has 2 aliphatic carbocycles. The summed E-state index contributed by atoms with van der Waals surface area (Å²) >= 11 is 0. The molecule has 0 aromatic heterocycles. The molecule has 0 bridgehead atoms. The summed E-state index contributed by atoms with van der Waals surface area (Å²) in [6.07, 6.45) is 6.73. The van der Waals surface area contributed by atoms with Crippen molar-refractivity contribution in [3.63, 3.8) is 0 Å². The maximum absolute atomic E-state index is 14.9. The molecule has 1 nitrogen and oxygen atoms in total. The number of hydrogen-bond acceptors (Lipinski definition) is 1. The van der Waals surface area contributed by atoms with Crippen molar-refractivity contribution in [1.29, 1.82) is 0 Å². The average Bonchev–Trinajstić information content (AvgIpc) is 2.96. The topological polar surface area (TPSA) is 9.23 Å². The van der Waals surface area contributed by atoms with Crippen LogP contribution in [0.2, 0.25) is 0 Å². The molecule has 230 valence electrons. The van der Waals surface area contributed by atoms with Crippen LogP contribution in [0.3, 0.4) is 0 Å². The molecule has 0 unspecified atom stereocenters. The Morgan fingerprint density at radius 2 is 1.33 bits per heavy atom. The third-order valence-corrected chi connectivity index (χ3v) is 8.79. The minimum Gasteiger partial charge on any atom is -0.399 e. The summed E-state index contributed by atoms with van der Waals surface area (Å²) < 4.78 is 112. The van der Waals surface area contributed by atoms with Crippen LogP contribution in [0.4, 0.5) is 35.1 Å². The third-order valence-electron chi connectivity index (χ3n) is 8.79. The molecule has 0 radical (unpaired) electrons. The first-order valence-electron chi connectivity index (χ1n) is 14.7. The van der Waals surface area contributed by atoms with Crippen molar-refractivity contribution < 1.29 is 39.9 Å². The van der Waals surface area contributed by atoms with Gasteiger partial charge in [-0.1, -0.05) is 38.0 Å². The van der Waals surface area contributed by atoms with Crippen LogP contribution in [0.1, 0.15) is 106 Å². The molecule has 0 saturated heterocycles. The van der Waals surface area contributed by atoms with Crippen molar-refractivity contribution >= 4 is 5.83 Å².